The number of phenols is 1. The van der Waals surface area contributed by atoms with Gasteiger partial charge in [-0.05, 0) is 28.1 Å². The molecule has 0 spiro atoms. The summed E-state index contributed by atoms with van der Waals surface area (Å²) >= 11 is 2.96. The monoisotopic (exact) mass is 302 g/mol. The molecular formula is C10H11BrN2O4. The summed E-state index contributed by atoms with van der Waals surface area (Å²) in [5, 5.41) is 22.8. The molecule has 17 heavy (non-hydrogen) atoms. The zero-order valence-corrected chi connectivity index (χ0v) is 10.8. The smallest absolute Gasteiger partial charge is 0.326 e. The van der Waals surface area contributed by atoms with E-state index in [9.17, 15) is 20.0 Å². The van der Waals surface area contributed by atoms with Crippen LogP contribution in [0.5, 0.6) is 5.75 Å². The highest BCUT2D eigenvalue weighted by Crippen LogP contribution is 2.39. The van der Waals surface area contributed by atoms with Gasteiger partial charge in [-0.25, -0.2) is 0 Å². The van der Waals surface area contributed by atoms with Crippen molar-refractivity contribution in [3.8, 4) is 5.75 Å². The van der Waals surface area contributed by atoms with Crippen molar-refractivity contribution in [3.05, 3.63) is 26.7 Å². The maximum absolute atomic E-state index is 11.4. The predicted molar refractivity (Wildman–Crippen MR) is 65.9 cm³/mol. The molecule has 2 N–H and O–H groups in total. The molecule has 92 valence electrons. The number of hydrogen-bond acceptors (Lipinski definition) is 4. The lowest BCUT2D eigenvalue weighted by Crippen LogP contribution is -2.17. The number of anilines is 1. The number of nitrogens with one attached hydrogen (secondary N) is 1. The first kappa shape index (κ1) is 13.4. The molecule has 6 nitrogen and oxygen atoms in total. The molecule has 1 aromatic carbocycles. The van der Waals surface area contributed by atoms with Gasteiger partial charge in [-0.3, -0.25) is 14.9 Å². The van der Waals surface area contributed by atoms with E-state index in [1.807, 2.05) is 0 Å². The van der Waals surface area contributed by atoms with Crippen LogP contribution in [-0.4, -0.2) is 15.9 Å². The lowest BCUT2D eigenvalue weighted by molar-refractivity contribution is -0.386. The fourth-order valence-corrected chi connectivity index (χ4v) is 1.57. The van der Waals surface area contributed by atoms with E-state index in [0.717, 1.165) is 0 Å². The fourth-order valence-electron chi connectivity index (χ4n) is 1.11. The summed E-state index contributed by atoms with van der Waals surface area (Å²) in [5.41, 5.74) is -0.440. The second-order valence-electron chi connectivity index (χ2n) is 3.69. The average molecular weight is 303 g/mol. The van der Waals surface area contributed by atoms with E-state index in [1.54, 1.807) is 13.8 Å². The van der Waals surface area contributed by atoms with Gasteiger partial charge in [-0.1, -0.05) is 13.8 Å². The van der Waals surface area contributed by atoms with E-state index in [2.05, 4.69) is 21.2 Å². The maximum atomic E-state index is 11.4. The Morgan fingerprint density at radius 3 is 2.59 bits per heavy atom. The molecule has 0 bridgehead atoms. The van der Waals surface area contributed by atoms with Gasteiger partial charge in [0, 0.05) is 5.92 Å². The van der Waals surface area contributed by atoms with Gasteiger partial charge in [0.05, 0.1) is 15.1 Å². The molecule has 0 saturated carbocycles. The van der Waals surface area contributed by atoms with Crippen molar-refractivity contribution in [2.24, 2.45) is 5.92 Å². The predicted octanol–water partition coefficient (Wildman–Crippen LogP) is 2.66. The van der Waals surface area contributed by atoms with Crippen molar-refractivity contribution in [2.75, 3.05) is 5.32 Å². The molecule has 0 atom stereocenters. The first-order valence-electron chi connectivity index (χ1n) is 4.81. The highest BCUT2D eigenvalue weighted by Gasteiger charge is 2.22. The molecule has 1 aromatic rings. The number of nitrogens with zero attached hydrogens (tertiary/aromatic N) is 1. The third-order valence-electron chi connectivity index (χ3n) is 2.07. The van der Waals surface area contributed by atoms with Crippen LogP contribution in [0.2, 0.25) is 0 Å². The molecule has 0 unspecified atom stereocenters. The number of carbonyl (C=O) groups excluding carboxylic acids is 1. The van der Waals surface area contributed by atoms with Gasteiger partial charge in [0.2, 0.25) is 11.7 Å². The molecule has 0 aromatic heterocycles. The third kappa shape index (κ3) is 2.94. The standard InChI is InChI=1S/C10H11BrN2O4/c1-5(2)10(15)12-7-4-3-6(11)8(9(7)14)13(16)17/h3-5,14H,1-2H3,(H,12,15). The first-order chi connectivity index (χ1) is 7.84. The molecule has 0 aliphatic heterocycles. The Morgan fingerprint density at radius 2 is 2.12 bits per heavy atom. The van der Waals surface area contributed by atoms with E-state index in [4.69, 9.17) is 0 Å². The minimum absolute atomic E-state index is 0.0265. The number of nitro groups is 1. The van der Waals surface area contributed by atoms with Crippen LogP contribution in [0.4, 0.5) is 11.4 Å². The van der Waals surface area contributed by atoms with Crippen LogP contribution in [0.15, 0.2) is 16.6 Å². The Bertz CT molecular complexity index is 474. The average Bonchev–Trinajstić information content (AvgIpc) is 2.21. The van der Waals surface area contributed by atoms with Gasteiger partial charge in [0.25, 0.3) is 0 Å². The summed E-state index contributed by atoms with van der Waals surface area (Å²) in [6.45, 7) is 3.36. The van der Waals surface area contributed by atoms with Gasteiger partial charge in [-0.15, -0.1) is 0 Å². The van der Waals surface area contributed by atoms with Crippen molar-refractivity contribution in [2.45, 2.75) is 13.8 Å². The second kappa shape index (κ2) is 5.13. The number of nitro benzene ring substituents is 1. The largest absolute Gasteiger partial charge is 0.501 e. The number of carbonyl (C=O) groups is 1. The molecule has 0 aliphatic rings. The summed E-state index contributed by atoms with van der Waals surface area (Å²) in [5.74, 6) is -1.16. The van der Waals surface area contributed by atoms with E-state index < -0.39 is 16.4 Å². The van der Waals surface area contributed by atoms with Gasteiger partial charge in [0.1, 0.15) is 0 Å². The van der Waals surface area contributed by atoms with Crippen LogP contribution < -0.4 is 5.32 Å². The number of rotatable bonds is 3. The van der Waals surface area contributed by atoms with Crippen LogP contribution in [0, 0.1) is 16.0 Å². The molecule has 0 fully saturated rings. The van der Waals surface area contributed by atoms with Crippen LogP contribution in [0.25, 0.3) is 0 Å². The molecular weight excluding hydrogens is 292 g/mol. The number of aromatic hydroxyl groups is 1. The number of halogens is 1. The van der Waals surface area contributed by atoms with Crippen molar-refractivity contribution in [1.29, 1.82) is 0 Å². The normalized spacial score (nSPS) is 10.4. The van der Waals surface area contributed by atoms with Gasteiger partial charge in [0.15, 0.2) is 0 Å². The Labute approximate surface area is 106 Å². The lowest BCUT2D eigenvalue weighted by Gasteiger charge is -2.09. The number of benzene rings is 1. The summed E-state index contributed by atoms with van der Waals surface area (Å²) in [6, 6.07) is 2.79. The lowest BCUT2D eigenvalue weighted by atomic mass is 10.2. The van der Waals surface area contributed by atoms with E-state index in [-0.39, 0.29) is 22.0 Å². The van der Waals surface area contributed by atoms with Gasteiger partial charge in [-0.2, -0.15) is 0 Å². The quantitative estimate of drug-likeness (QED) is 0.510. The summed E-state index contributed by atoms with van der Waals surface area (Å²) in [6.07, 6.45) is 0. The van der Waals surface area contributed by atoms with Crippen LogP contribution in [0.3, 0.4) is 0 Å². The molecule has 1 rings (SSSR count). The highest BCUT2D eigenvalue weighted by atomic mass is 79.9. The topological polar surface area (TPSA) is 92.5 Å². The number of phenolic OH excluding ortho intramolecular Hbond substituents is 1. The SMILES string of the molecule is CC(C)C(=O)Nc1ccc(Br)c([N+](=O)[O-])c1O. The van der Waals surface area contributed by atoms with Crippen molar-refractivity contribution >= 4 is 33.2 Å². The van der Waals surface area contributed by atoms with E-state index >= 15 is 0 Å². The summed E-state index contributed by atoms with van der Waals surface area (Å²) in [7, 11) is 0. The number of hydrogen-bond donors (Lipinski definition) is 2. The molecule has 0 aliphatic carbocycles. The van der Waals surface area contributed by atoms with E-state index in [1.165, 1.54) is 12.1 Å². The fraction of sp³-hybridized carbons (Fsp3) is 0.300. The number of amides is 1. The molecule has 0 radical (unpaired) electrons. The van der Waals surface area contributed by atoms with Crippen LogP contribution >= 0.6 is 15.9 Å². The maximum Gasteiger partial charge on any atom is 0.326 e. The van der Waals surface area contributed by atoms with E-state index in [0.29, 0.717) is 0 Å². The Morgan fingerprint density at radius 1 is 1.53 bits per heavy atom. The molecule has 7 heteroatoms. The molecule has 0 heterocycles. The minimum Gasteiger partial charge on any atom is -0.501 e. The van der Waals surface area contributed by atoms with Crippen molar-refractivity contribution in [1.82, 2.24) is 0 Å². The zero-order valence-electron chi connectivity index (χ0n) is 9.23. The Kier molecular flexibility index (Phi) is 4.06. The van der Waals surface area contributed by atoms with Crippen LogP contribution in [-0.2, 0) is 4.79 Å². The third-order valence-corrected chi connectivity index (χ3v) is 2.71. The van der Waals surface area contributed by atoms with Crippen molar-refractivity contribution in [3.63, 3.8) is 0 Å². The first-order valence-corrected chi connectivity index (χ1v) is 5.60. The summed E-state index contributed by atoms with van der Waals surface area (Å²) < 4.78 is 0.155. The van der Waals surface area contributed by atoms with Crippen molar-refractivity contribution < 1.29 is 14.8 Å². The molecule has 1 amide bonds. The molecule has 0 saturated heterocycles. The van der Waals surface area contributed by atoms with Gasteiger partial charge < -0.3 is 10.4 Å². The minimum atomic E-state index is -0.718. The zero-order chi connectivity index (χ0) is 13.2. The van der Waals surface area contributed by atoms with Gasteiger partial charge >= 0.3 is 5.69 Å². The Hall–Kier alpha value is -1.63. The summed E-state index contributed by atoms with van der Waals surface area (Å²) in [4.78, 5) is 21.4. The Balaban J connectivity index is 3.15. The highest BCUT2D eigenvalue weighted by molar-refractivity contribution is 9.10. The second-order valence-corrected chi connectivity index (χ2v) is 4.55. The van der Waals surface area contributed by atoms with Crippen LogP contribution in [0.1, 0.15) is 13.8 Å².